The minimum absolute atomic E-state index is 0.595. The van der Waals surface area contributed by atoms with E-state index in [9.17, 15) is 0 Å². The zero-order valence-corrected chi connectivity index (χ0v) is 13.4. The molecule has 0 radical (unpaired) electrons. The summed E-state index contributed by atoms with van der Waals surface area (Å²) in [4.78, 5) is 0. The van der Waals surface area contributed by atoms with Crippen LogP contribution in [0.5, 0.6) is 0 Å². The van der Waals surface area contributed by atoms with Crippen LogP contribution in [0.15, 0.2) is 40.9 Å². The van der Waals surface area contributed by atoms with Crippen molar-refractivity contribution in [1.29, 1.82) is 0 Å². The highest BCUT2D eigenvalue weighted by atomic mass is 79.9. The average Bonchev–Trinajstić information content (AvgIpc) is 2.94. The summed E-state index contributed by atoms with van der Waals surface area (Å²) in [6.07, 6.45) is 0. The van der Waals surface area contributed by atoms with Gasteiger partial charge in [-0.1, -0.05) is 23.7 Å². The second-order valence-corrected chi connectivity index (χ2v) is 5.85. The Hall–Kier alpha value is -1.92. The van der Waals surface area contributed by atoms with Crippen molar-refractivity contribution >= 4 is 33.2 Å². The summed E-state index contributed by atoms with van der Waals surface area (Å²) in [6.45, 7) is 1.95. The summed E-state index contributed by atoms with van der Waals surface area (Å²) >= 11 is 9.49. The molecule has 5 nitrogen and oxygen atoms in total. The molecule has 0 saturated carbocycles. The minimum atomic E-state index is 0.595. The van der Waals surface area contributed by atoms with Crippen molar-refractivity contribution < 1.29 is 0 Å². The molecular formula is C14H11BrClN5. The molecule has 0 fully saturated rings. The number of rotatable bonds is 2. The Morgan fingerprint density at radius 1 is 1.19 bits per heavy atom. The number of nitrogens with zero attached hydrogens (tertiary/aromatic N) is 4. The zero-order valence-electron chi connectivity index (χ0n) is 11.1. The van der Waals surface area contributed by atoms with Gasteiger partial charge in [0.05, 0.1) is 10.7 Å². The van der Waals surface area contributed by atoms with Gasteiger partial charge in [-0.2, -0.15) is 4.68 Å². The Balaban J connectivity index is 2.12. The number of benzene rings is 2. The molecule has 1 aromatic heterocycles. The van der Waals surface area contributed by atoms with Gasteiger partial charge in [0.15, 0.2) is 5.82 Å². The molecule has 0 atom stereocenters. The molecule has 21 heavy (non-hydrogen) atoms. The van der Waals surface area contributed by atoms with E-state index in [0.717, 1.165) is 21.3 Å². The first-order valence-corrected chi connectivity index (χ1v) is 7.33. The van der Waals surface area contributed by atoms with Crippen molar-refractivity contribution in [1.82, 2.24) is 20.2 Å². The Morgan fingerprint density at radius 2 is 2.00 bits per heavy atom. The van der Waals surface area contributed by atoms with Crippen molar-refractivity contribution in [3.63, 3.8) is 0 Å². The Morgan fingerprint density at radius 3 is 2.71 bits per heavy atom. The second-order valence-electron chi connectivity index (χ2n) is 4.58. The van der Waals surface area contributed by atoms with Crippen molar-refractivity contribution in [3.8, 4) is 17.1 Å². The summed E-state index contributed by atoms with van der Waals surface area (Å²) in [5, 5.41) is 12.4. The van der Waals surface area contributed by atoms with Crippen LogP contribution in [0.4, 0.5) is 5.69 Å². The molecule has 0 bridgehead atoms. The average molecular weight is 365 g/mol. The van der Waals surface area contributed by atoms with Crippen molar-refractivity contribution in [2.75, 3.05) is 5.73 Å². The van der Waals surface area contributed by atoms with E-state index in [4.69, 9.17) is 17.3 Å². The molecule has 2 N–H and O–H groups in total. The summed E-state index contributed by atoms with van der Waals surface area (Å²) in [5.74, 6) is 0.611. The maximum absolute atomic E-state index is 6.13. The molecule has 0 aliphatic heterocycles. The molecule has 0 saturated heterocycles. The van der Waals surface area contributed by atoms with Crippen LogP contribution in [0.2, 0.25) is 5.02 Å². The molecule has 3 aromatic rings. The van der Waals surface area contributed by atoms with E-state index in [-0.39, 0.29) is 0 Å². The van der Waals surface area contributed by atoms with Gasteiger partial charge in [0.2, 0.25) is 0 Å². The summed E-state index contributed by atoms with van der Waals surface area (Å²) in [5.41, 5.74) is 9.31. The van der Waals surface area contributed by atoms with Crippen LogP contribution >= 0.6 is 27.5 Å². The highest BCUT2D eigenvalue weighted by molar-refractivity contribution is 9.10. The molecule has 0 spiro atoms. The van der Waals surface area contributed by atoms with E-state index < -0.39 is 0 Å². The summed E-state index contributed by atoms with van der Waals surface area (Å²) < 4.78 is 2.45. The van der Waals surface area contributed by atoms with E-state index in [1.165, 1.54) is 0 Å². The van der Waals surface area contributed by atoms with Crippen molar-refractivity contribution in [2.45, 2.75) is 6.92 Å². The highest BCUT2D eigenvalue weighted by Gasteiger charge is 2.12. The van der Waals surface area contributed by atoms with E-state index in [1.54, 1.807) is 10.7 Å². The number of aromatic nitrogens is 4. The molecule has 106 valence electrons. The van der Waals surface area contributed by atoms with E-state index >= 15 is 0 Å². The smallest absolute Gasteiger partial charge is 0.187 e. The molecule has 0 aliphatic rings. The van der Waals surface area contributed by atoms with Gasteiger partial charge in [-0.3, -0.25) is 0 Å². The third-order valence-electron chi connectivity index (χ3n) is 3.15. The van der Waals surface area contributed by atoms with Crippen LogP contribution in [0, 0.1) is 6.92 Å². The van der Waals surface area contributed by atoms with Gasteiger partial charge in [0.25, 0.3) is 0 Å². The van der Waals surface area contributed by atoms with Crippen molar-refractivity contribution in [2.24, 2.45) is 0 Å². The SMILES string of the molecule is Cc1ccc(-c2nnnn2-c2ccc(Br)c(Cl)c2)cc1N. The van der Waals surface area contributed by atoms with Crippen LogP contribution in [0.3, 0.4) is 0 Å². The van der Waals surface area contributed by atoms with Crippen molar-refractivity contribution in [3.05, 3.63) is 51.5 Å². The molecule has 0 aliphatic carbocycles. The maximum Gasteiger partial charge on any atom is 0.187 e. The number of nitrogen functional groups attached to an aromatic ring is 1. The number of nitrogens with two attached hydrogens (primary N) is 1. The minimum Gasteiger partial charge on any atom is -0.398 e. The molecule has 2 aromatic carbocycles. The third-order valence-corrected chi connectivity index (χ3v) is 4.39. The van der Waals surface area contributed by atoms with Gasteiger partial charge < -0.3 is 5.73 Å². The lowest BCUT2D eigenvalue weighted by molar-refractivity contribution is 0.791. The van der Waals surface area contributed by atoms with E-state index in [2.05, 4.69) is 31.5 Å². The van der Waals surface area contributed by atoms with Gasteiger partial charge in [0.1, 0.15) is 0 Å². The number of hydrogen-bond donors (Lipinski definition) is 1. The largest absolute Gasteiger partial charge is 0.398 e. The molecular weight excluding hydrogens is 354 g/mol. The molecule has 1 heterocycles. The number of halogens is 2. The molecule has 0 unspecified atom stereocenters. The van der Waals surface area contributed by atoms with Crippen LogP contribution in [0.25, 0.3) is 17.1 Å². The quantitative estimate of drug-likeness (QED) is 0.705. The highest BCUT2D eigenvalue weighted by Crippen LogP contribution is 2.27. The van der Waals surface area contributed by atoms with E-state index in [1.807, 2.05) is 37.3 Å². The topological polar surface area (TPSA) is 69.6 Å². The predicted octanol–water partition coefficient (Wildman–Crippen LogP) is 3.64. The first-order valence-electron chi connectivity index (χ1n) is 6.16. The Kier molecular flexibility index (Phi) is 3.65. The molecule has 3 rings (SSSR count). The third kappa shape index (κ3) is 2.64. The van der Waals surface area contributed by atoms with E-state index in [0.29, 0.717) is 16.5 Å². The van der Waals surface area contributed by atoms with Gasteiger partial charge in [-0.25, -0.2) is 0 Å². The molecule has 0 amide bonds. The fourth-order valence-corrected chi connectivity index (χ4v) is 2.36. The lowest BCUT2D eigenvalue weighted by Crippen LogP contribution is -2.00. The predicted molar refractivity (Wildman–Crippen MR) is 86.4 cm³/mol. The number of hydrogen-bond acceptors (Lipinski definition) is 4. The summed E-state index contributed by atoms with van der Waals surface area (Å²) in [6, 6.07) is 11.3. The van der Waals surface area contributed by atoms with Crippen LogP contribution in [-0.2, 0) is 0 Å². The van der Waals surface area contributed by atoms with Crippen LogP contribution in [-0.4, -0.2) is 20.2 Å². The molecule has 7 heteroatoms. The fourth-order valence-electron chi connectivity index (χ4n) is 1.94. The van der Waals surface area contributed by atoms with Gasteiger partial charge >= 0.3 is 0 Å². The number of aryl methyl sites for hydroxylation is 1. The normalized spacial score (nSPS) is 10.8. The Labute approximate surface area is 134 Å². The lowest BCUT2D eigenvalue weighted by Gasteiger charge is -2.07. The maximum atomic E-state index is 6.13. The Bertz CT molecular complexity index is 749. The van der Waals surface area contributed by atoms with Crippen LogP contribution < -0.4 is 5.73 Å². The second kappa shape index (κ2) is 5.46. The standard InChI is InChI=1S/C14H11BrClN5/c1-8-2-3-9(6-13(8)17)14-18-19-20-21(14)10-4-5-11(15)12(16)7-10/h2-7H,17H2,1H3. The number of tetrazole rings is 1. The van der Waals surface area contributed by atoms with Gasteiger partial charge in [-0.05, 0) is 63.1 Å². The first kappa shape index (κ1) is 14.0. The zero-order chi connectivity index (χ0) is 15.0. The lowest BCUT2D eigenvalue weighted by atomic mass is 10.1. The van der Waals surface area contributed by atoms with Gasteiger partial charge in [-0.15, -0.1) is 5.10 Å². The first-order chi connectivity index (χ1) is 10.1. The fraction of sp³-hybridized carbons (Fsp3) is 0.0714. The van der Waals surface area contributed by atoms with Crippen LogP contribution in [0.1, 0.15) is 5.56 Å². The monoisotopic (exact) mass is 363 g/mol. The van der Waals surface area contributed by atoms with Gasteiger partial charge in [0, 0.05) is 15.7 Å². The number of anilines is 1. The summed E-state index contributed by atoms with van der Waals surface area (Å²) in [7, 11) is 0.